The van der Waals surface area contributed by atoms with Crippen LogP contribution in [0.4, 0.5) is 11.5 Å². The lowest BCUT2D eigenvalue weighted by molar-refractivity contribution is 0.277. The van der Waals surface area contributed by atoms with E-state index in [0.29, 0.717) is 4.96 Å². The van der Waals surface area contributed by atoms with Gasteiger partial charge >= 0.3 is 5.56 Å². The van der Waals surface area contributed by atoms with E-state index in [1.165, 1.54) is 41.5 Å². The van der Waals surface area contributed by atoms with Crippen molar-refractivity contribution in [2.75, 3.05) is 11.5 Å². The number of aromatic nitrogens is 3. The topological polar surface area (TPSA) is 99.3 Å². The highest BCUT2D eigenvalue weighted by Gasteiger charge is 2.19. The smallest absolute Gasteiger partial charge is 0.300 e. The van der Waals surface area contributed by atoms with Crippen molar-refractivity contribution < 1.29 is 0 Å². The Balaban J connectivity index is 1.73. The lowest BCUT2D eigenvalue weighted by Gasteiger charge is -2.25. The fourth-order valence-corrected chi connectivity index (χ4v) is 3.87. The van der Waals surface area contributed by atoms with Gasteiger partial charge in [-0.05, 0) is 18.3 Å². The van der Waals surface area contributed by atoms with Crippen molar-refractivity contribution in [3.05, 3.63) is 15.4 Å². The zero-order valence-corrected chi connectivity index (χ0v) is 13.0. The molecular weight excluding hydrogens is 286 g/mol. The Morgan fingerprint density at radius 3 is 2.71 bits per heavy atom. The van der Waals surface area contributed by atoms with Gasteiger partial charge in [-0.3, -0.25) is 4.79 Å². The van der Waals surface area contributed by atoms with E-state index in [9.17, 15) is 4.79 Å². The van der Waals surface area contributed by atoms with Crippen LogP contribution in [0.25, 0.3) is 4.96 Å². The minimum Gasteiger partial charge on any atom is -0.391 e. The van der Waals surface area contributed by atoms with Gasteiger partial charge in [-0.2, -0.15) is 14.6 Å². The van der Waals surface area contributed by atoms with Crippen LogP contribution in [-0.4, -0.2) is 14.6 Å². The average Bonchev–Trinajstić information content (AvgIpc) is 2.87. The minimum absolute atomic E-state index is 0.0226. The first kappa shape index (κ1) is 14.3. The van der Waals surface area contributed by atoms with Crippen molar-refractivity contribution in [3.63, 3.8) is 0 Å². The number of aryl methyl sites for hydroxylation is 1. The van der Waals surface area contributed by atoms with Gasteiger partial charge < -0.3 is 11.5 Å². The van der Waals surface area contributed by atoms with Crippen LogP contribution in [0.2, 0.25) is 0 Å². The molecule has 1 fully saturated rings. The number of fused-ring (bicyclic) bond motifs is 1. The van der Waals surface area contributed by atoms with Crippen molar-refractivity contribution in [1.82, 2.24) is 14.6 Å². The van der Waals surface area contributed by atoms with Crippen LogP contribution in [-0.2, 0) is 6.42 Å². The van der Waals surface area contributed by atoms with Gasteiger partial charge in [-0.1, -0.05) is 43.9 Å². The summed E-state index contributed by atoms with van der Waals surface area (Å²) in [6.07, 6.45) is 7.31. The molecule has 3 rings (SSSR count). The molecule has 0 unspecified atom stereocenters. The molecule has 1 saturated carbocycles. The van der Waals surface area contributed by atoms with Gasteiger partial charge in [0.25, 0.3) is 0 Å². The summed E-state index contributed by atoms with van der Waals surface area (Å²) in [4.78, 5) is 16.6. The van der Waals surface area contributed by atoms with E-state index in [1.54, 1.807) is 0 Å². The third kappa shape index (κ3) is 2.88. The number of anilines is 2. The van der Waals surface area contributed by atoms with E-state index < -0.39 is 0 Å². The highest BCUT2D eigenvalue weighted by atomic mass is 32.1. The number of hydrogen-bond donors (Lipinski definition) is 2. The van der Waals surface area contributed by atoms with Gasteiger partial charge in [0.05, 0.1) is 0 Å². The third-order valence-electron chi connectivity index (χ3n) is 4.42. The van der Waals surface area contributed by atoms with Crippen LogP contribution in [0.15, 0.2) is 4.79 Å². The Morgan fingerprint density at radius 1 is 1.29 bits per heavy atom. The zero-order valence-electron chi connectivity index (χ0n) is 12.2. The van der Waals surface area contributed by atoms with Crippen LogP contribution in [0.5, 0.6) is 0 Å². The van der Waals surface area contributed by atoms with E-state index in [0.717, 1.165) is 29.7 Å². The molecule has 0 aromatic carbocycles. The fraction of sp³-hybridized carbons (Fsp3) is 0.643. The maximum atomic E-state index is 12.0. The number of nitrogens with two attached hydrogens (primary N) is 2. The molecule has 1 aliphatic rings. The highest BCUT2D eigenvalue weighted by Crippen LogP contribution is 2.31. The molecule has 2 aromatic heterocycles. The summed E-state index contributed by atoms with van der Waals surface area (Å²) in [5, 5.41) is 5.27. The van der Waals surface area contributed by atoms with Crippen molar-refractivity contribution >= 4 is 27.8 Å². The summed E-state index contributed by atoms with van der Waals surface area (Å²) >= 11 is 1.43. The Labute approximate surface area is 127 Å². The van der Waals surface area contributed by atoms with Gasteiger partial charge in [-0.15, -0.1) is 0 Å². The number of rotatable bonds is 3. The van der Waals surface area contributed by atoms with E-state index in [-0.39, 0.29) is 17.1 Å². The van der Waals surface area contributed by atoms with Crippen LogP contribution >= 0.6 is 11.3 Å². The first-order chi connectivity index (χ1) is 10.0. The second-order valence-electron chi connectivity index (χ2n) is 6.07. The summed E-state index contributed by atoms with van der Waals surface area (Å²) in [6.45, 7) is 2.33. The lowest BCUT2D eigenvalue weighted by atomic mass is 9.81. The molecule has 7 heteroatoms. The molecule has 2 aromatic rings. The van der Waals surface area contributed by atoms with Crippen molar-refractivity contribution in [1.29, 1.82) is 0 Å². The van der Waals surface area contributed by atoms with Gasteiger partial charge in [0.1, 0.15) is 10.7 Å². The number of nitrogen functional groups attached to an aromatic ring is 2. The molecule has 114 valence electrons. The quantitative estimate of drug-likeness (QED) is 0.904. The second-order valence-corrected chi connectivity index (χ2v) is 7.11. The third-order valence-corrected chi connectivity index (χ3v) is 5.39. The van der Waals surface area contributed by atoms with Gasteiger partial charge in [0.2, 0.25) is 4.96 Å². The predicted octanol–water partition coefficient (Wildman–Crippen LogP) is 2.07. The molecule has 0 amide bonds. The second kappa shape index (κ2) is 5.63. The molecule has 0 spiro atoms. The SMILES string of the molecule is CC1CCC(CCc2nn3c(=O)c(N)c(N)nc3s2)CC1. The van der Waals surface area contributed by atoms with E-state index in [2.05, 4.69) is 17.0 Å². The Morgan fingerprint density at radius 2 is 2.00 bits per heavy atom. The molecular formula is C14H21N5OS. The average molecular weight is 307 g/mol. The molecule has 6 nitrogen and oxygen atoms in total. The lowest BCUT2D eigenvalue weighted by Crippen LogP contribution is -2.21. The predicted molar refractivity (Wildman–Crippen MR) is 85.4 cm³/mol. The Kier molecular flexibility index (Phi) is 3.84. The zero-order chi connectivity index (χ0) is 15.0. The standard InChI is InChI=1S/C14H21N5OS/c1-8-2-4-9(5-3-8)6-7-10-18-19-13(20)11(15)12(16)17-14(19)21-10/h8-9H,2-7,15-16H2,1H3. The monoisotopic (exact) mass is 307 g/mol. The molecule has 0 atom stereocenters. The van der Waals surface area contributed by atoms with E-state index in [1.807, 2.05) is 0 Å². The van der Waals surface area contributed by atoms with Gasteiger partial charge in [0.15, 0.2) is 5.82 Å². The first-order valence-corrected chi connectivity index (χ1v) is 8.30. The van der Waals surface area contributed by atoms with Crippen LogP contribution < -0.4 is 17.0 Å². The highest BCUT2D eigenvalue weighted by molar-refractivity contribution is 7.16. The summed E-state index contributed by atoms with van der Waals surface area (Å²) in [5.41, 5.74) is 10.8. The van der Waals surface area contributed by atoms with Crippen LogP contribution in [0.3, 0.4) is 0 Å². The van der Waals surface area contributed by atoms with Crippen molar-refractivity contribution in [2.24, 2.45) is 11.8 Å². The Bertz CT molecular complexity index is 699. The summed E-state index contributed by atoms with van der Waals surface area (Å²) in [7, 11) is 0. The molecule has 0 saturated heterocycles. The van der Waals surface area contributed by atoms with E-state index in [4.69, 9.17) is 11.5 Å². The van der Waals surface area contributed by atoms with Crippen molar-refractivity contribution in [3.8, 4) is 0 Å². The Hall–Kier alpha value is -1.63. The molecule has 0 aliphatic heterocycles. The fourth-order valence-electron chi connectivity index (χ4n) is 2.96. The van der Waals surface area contributed by atoms with Gasteiger partial charge in [-0.25, -0.2) is 0 Å². The summed E-state index contributed by atoms with van der Waals surface area (Å²) in [6, 6.07) is 0. The molecule has 0 bridgehead atoms. The summed E-state index contributed by atoms with van der Waals surface area (Å²) < 4.78 is 1.27. The van der Waals surface area contributed by atoms with E-state index >= 15 is 0 Å². The largest absolute Gasteiger partial charge is 0.391 e. The summed E-state index contributed by atoms with van der Waals surface area (Å²) in [5.74, 6) is 1.75. The molecule has 1 aliphatic carbocycles. The molecule has 0 radical (unpaired) electrons. The maximum Gasteiger partial charge on any atom is 0.300 e. The molecule has 2 heterocycles. The number of nitrogens with zero attached hydrogens (tertiary/aromatic N) is 3. The van der Waals surface area contributed by atoms with Gasteiger partial charge in [0, 0.05) is 6.42 Å². The van der Waals surface area contributed by atoms with Crippen LogP contribution in [0, 0.1) is 11.8 Å². The van der Waals surface area contributed by atoms with Crippen LogP contribution in [0.1, 0.15) is 44.0 Å². The minimum atomic E-state index is -0.369. The van der Waals surface area contributed by atoms with Crippen molar-refractivity contribution in [2.45, 2.75) is 45.4 Å². The normalized spacial score (nSPS) is 22.7. The number of hydrogen-bond acceptors (Lipinski definition) is 6. The first-order valence-electron chi connectivity index (χ1n) is 7.48. The maximum absolute atomic E-state index is 12.0. The molecule has 4 N–H and O–H groups in total. The molecule has 21 heavy (non-hydrogen) atoms.